The first-order valence-electron chi connectivity index (χ1n) is 5.71. The largest absolute Gasteiger partial charge is 0.507 e. The van der Waals surface area contributed by atoms with E-state index in [-0.39, 0.29) is 5.75 Å². The number of phenolic OH excluding ortho intramolecular Hbond substituents is 1. The Morgan fingerprint density at radius 2 is 2.06 bits per heavy atom. The minimum atomic E-state index is 0.258. The van der Waals surface area contributed by atoms with Gasteiger partial charge in [0.15, 0.2) is 0 Å². The van der Waals surface area contributed by atoms with E-state index in [4.69, 9.17) is 5.53 Å². The van der Waals surface area contributed by atoms with Crippen LogP contribution in [0.1, 0.15) is 12.0 Å². The van der Waals surface area contributed by atoms with Crippen LogP contribution >= 0.6 is 0 Å². The van der Waals surface area contributed by atoms with E-state index >= 15 is 0 Å². The molecule has 0 saturated heterocycles. The van der Waals surface area contributed by atoms with Gasteiger partial charge in [0.05, 0.1) is 0 Å². The number of nitrogens with zero attached hydrogens (tertiary/aromatic N) is 3. The molecule has 2 aromatic rings. The molecule has 0 saturated carbocycles. The Bertz CT molecular complexity index is 628. The van der Waals surface area contributed by atoms with E-state index in [9.17, 15) is 5.11 Å². The highest BCUT2D eigenvalue weighted by atomic mass is 16.3. The highest BCUT2D eigenvalue weighted by molar-refractivity contribution is 5.92. The average Bonchev–Trinajstić information content (AvgIpc) is 2.41. The number of hydrogen-bond acceptors (Lipinski definition) is 2. The Kier molecular flexibility index (Phi) is 3.84. The third kappa shape index (κ3) is 2.62. The van der Waals surface area contributed by atoms with Crippen molar-refractivity contribution in [3.63, 3.8) is 0 Å². The van der Waals surface area contributed by atoms with E-state index in [1.807, 2.05) is 42.5 Å². The van der Waals surface area contributed by atoms with E-state index in [0.717, 1.165) is 16.3 Å². The Hall–Kier alpha value is -2.45. The van der Waals surface area contributed by atoms with Crippen molar-refractivity contribution in [2.45, 2.75) is 6.42 Å². The van der Waals surface area contributed by atoms with E-state index in [0.29, 0.717) is 13.0 Å². The molecule has 0 bridgehead atoms. The van der Waals surface area contributed by atoms with Crippen LogP contribution in [0.25, 0.3) is 27.3 Å². The number of azide groups is 1. The molecule has 0 aliphatic carbocycles. The second-order valence-corrected chi connectivity index (χ2v) is 3.87. The smallest absolute Gasteiger partial charge is 0.123 e. The molecule has 2 rings (SSSR count). The summed E-state index contributed by atoms with van der Waals surface area (Å²) in [5.41, 5.74) is 8.96. The fraction of sp³-hybridized carbons (Fsp3) is 0.143. The fourth-order valence-corrected chi connectivity index (χ4v) is 1.84. The molecule has 90 valence electrons. The molecule has 0 aromatic heterocycles. The maximum Gasteiger partial charge on any atom is 0.123 e. The van der Waals surface area contributed by atoms with Gasteiger partial charge in [0.25, 0.3) is 0 Å². The third-order valence-corrected chi connectivity index (χ3v) is 2.69. The van der Waals surface area contributed by atoms with Gasteiger partial charge in [-0.1, -0.05) is 47.6 Å². The SMILES string of the molecule is [N-]=[N+]=NCCC=Cc1c(O)ccc2ccccc12. The van der Waals surface area contributed by atoms with Gasteiger partial charge in [-0.15, -0.1) is 0 Å². The van der Waals surface area contributed by atoms with Gasteiger partial charge in [-0.25, -0.2) is 0 Å². The molecule has 0 heterocycles. The zero-order valence-electron chi connectivity index (χ0n) is 9.82. The molecule has 0 atom stereocenters. The number of rotatable bonds is 4. The molecule has 0 aliphatic rings. The summed E-state index contributed by atoms with van der Waals surface area (Å²) in [6.45, 7) is 0.429. The van der Waals surface area contributed by atoms with Crippen molar-refractivity contribution in [1.29, 1.82) is 0 Å². The third-order valence-electron chi connectivity index (χ3n) is 2.69. The summed E-state index contributed by atoms with van der Waals surface area (Å²) >= 11 is 0. The van der Waals surface area contributed by atoms with Crippen LogP contribution in [0.3, 0.4) is 0 Å². The Balaban J connectivity index is 2.31. The maximum atomic E-state index is 9.88. The van der Waals surface area contributed by atoms with Crippen LogP contribution in [-0.2, 0) is 0 Å². The maximum absolute atomic E-state index is 9.88. The lowest BCUT2D eigenvalue weighted by molar-refractivity contribution is 0.475. The fourth-order valence-electron chi connectivity index (χ4n) is 1.84. The van der Waals surface area contributed by atoms with Gasteiger partial charge < -0.3 is 5.11 Å². The molecule has 4 nitrogen and oxygen atoms in total. The quantitative estimate of drug-likeness (QED) is 0.368. The van der Waals surface area contributed by atoms with E-state index in [1.54, 1.807) is 6.07 Å². The van der Waals surface area contributed by atoms with Crippen molar-refractivity contribution in [2.24, 2.45) is 5.11 Å². The van der Waals surface area contributed by atoms with Gasteiger partial charge in [-0.05, 0) is 28.8 Å². The Morgan fingerprint density at radius 1 is 1.22 bits per heavy atom. The van der Waals surface area contributed by atoms with Crippen molar-refractivity contribution < 1.29 is 5.11 Å². The molecule has 0 radical (unpaired) electrons. The lowest BCUT2D eigenvalue weighted by Crippen LogP contribution is -1.80. The van der Waals surface area contributed by atoms with Gasteiger partial charge >= 0.3 is 0 Å². The molecule has 18 heavy (non-hydrogen) atoms. The van der Waals surface area contributed by atoms with Crippen LogP contribution < -0.4 is 0 Å². The van der Waals surface area contributed by atoms with Gasteiger partial charge in [0.2, 0.25) is 0 Å². The van der Waals surface area contributed by atoms with Crippen LogP contribution in [-0.4, -0.2) is 11.7 Å². The van der Waals surface area contributed by atoms with Crippen molar-refractivity contribution in [3.8, 4) is 5.75 Å². The van der Waals surface area contributed by atoms with Crippen LogP contribution in [0, 0.1) is 0 Å². The molecule has 0 spiro atoms. The lowest BCUT2D eigenvalue weighted by atomic mass is 10.0. The summed E-state index contributed by atoms with van der Waals surface area (Å²) < 4.78 is 0. The summed E-state index contributed by atoms with van der Waals surface area (Å²) in [6, 6.07) is 11.5. The molecule has 0 fully saturated rings. The molecule has 0 amide bonds. The molecular weight excluding hydrogens is 226 g/mol. The number of fused-ring (bicyclic) bond motifs is 1. The number of aromatic hydroxyl groups is 1. The summed E-state index contributed by atoms with van der Waals surface area (Å²) in [6.07, 6.45) is 4.42. The van der Waals surface area contributed by atoms with Crippen molar-refractivity contribution in [3.05, 3.63) is 58.5 Å². The summed E-state index contributed by atoms with van der Waals surface area (Å²) in [7, 11) is 0. The normalized spacial score (nSPS) is 10.7. The standard InChI is InChI=1S/C14H13N3O/c15-17-16-10-4-3-7-13-12-6-2-1-5-11(12)8-9-14(13)18/h1-3,5-9,18H,4,10H2. The minimum absolute atomic E-state index is 0.258. The van der Waals surface area contributed by atoms with Crippen molar-refractivity contribution in [1.82, 2.24) is 0 Å². The monoisotopic (exact) mass is 239 g/mol. The average molecular weight is 239 g/mol. The molecule has 4 heteroatoms. The van der Waals surface area contributed by atoms with Gasteiger partial charge in [-0.2, -0.15) is 0 Å². The van der Waals surface area contributed by atoms with Crippen LogP contribution in [0.5, 0.6) is 5.75 Å². The molecular formula is C14H13N3O. The minimum Gasteiger partial charge on any atom is -0.507 e. The topological polar surface area (TPSA) is 69.0 Å². The van der Waals surface area contributed by atoms with Gasteiger partial charge in [-0.3, -0.25) is 0 Å². The first-order valence-corrected chi connectivity index (χ1v) is 5.71. The number of hydrogen-bond donors (Lipinski definition) is 1. The second-order valence-electron chi connectivity index (χ2n) is 3.87. The van der Waals surface area contributed by atoms with E-state index < -0.39 is 0 Å². The summed E-state index contributed by atoms with van der Waals surface area (Å²) in [5, 5.41) is 15.4. The molecule has 1 N–H and O–H groups in total. The first-order chi connectivity index (χ1) is 8.83. The molecule has 2 aromatic carbocycles. The van der Waals surface area contributed by atoms with Gasteiger partial charge in [0, 0.05) is 17.0 Å². The van der Waals surface area contributed by atoms with Crippen LogP contribution in [0.4, 0.5) is 0 Å². The van der Waals surface area contributed by atoms with Gasteiger partial charge in [0.1, 0.15) is 5.75 Å². The predicted octanol–water partition coefficient (Wildman–Crippen LogP) is 4.26. The first kappa shape index (κ1) is 12.0. The molecule has 0 unspecified atom stereocenters. The number of benzene rings is 2. The Labute approximate surface area is 105 Å². The summed E-state index contributed by atoms with van der Waals surface area (Å²) in [4.78, 5) is 2.69. The molecule has 0 aliphatic heterocycles. The van der Waals surface area contributed by atoms with E-state index in [1.165, 1.54) is 0 Å². The lowest BCUT2D eigenvalue weighted by Gasteiger charge is -2.04. The van der Waals surface area contributed by atoms with Crippen LogP contribution in [0.15, 0.2) is 47.6 Å². The Morgan fingerprint density at radius 3 is 2.89 bits per heavy atom. The second kappa shape index (κ2) is 5.75. The van der Waals surface area contributed by atoms with Crippen LogP contribution in [0.2, 0.25) is 0 Å². The summed E-state index contributed by atoms with van der Waals surface area (Å²) in [5.74, 6) is 0.258. The van der Waals surface area contributed by atoms with Crippen molar-refractivity contribution in [2.75, 3.05) is 6.54 Å². The highest BCUT2D eigenvalue weighted by Crippen LogP contribution is 2.28. The van der Waals surface area contributed by atoms with Crippen molar-refractivity contribution >= 4 is 16.8 Å². The van der Waals surface area contributed by atoms with E-state index in [2.05, 4.69) is 10.0 Å². The highest BCUT2D eigenvalue weighted by Gasteiger charge is 2.02. The zero-order chi connectivity index (χ0) is 12.8. The zero-order valence-corrected chi connectivity index (χ0v) is 9.82. The predicted molar refractivity (Wildman–Crippen MR) is 73.3 cm³/mol. The number of phenols is 1.